The first-order valence-electron chi connectivity index (χ1n) is 12.0. The number of hydrogen-bond donors (Lipinski definition) is 2. The summed E-state index contributed by atoms with van der Waals surface area (Å²) in [5.74, 6) is -1.28. The fourth-order valence-corrected chi connectivity index (χ4v) is 4.40. The number of carboxylic acids is 1. The number of benzene rings is 2. The lowest BCUT2D eigenvalue weighted by molar-refractivity contribution is 0.0162. The van der Waals surface area contributed by atoms with E-state index >= 15 is 0 Å². The number of pyridine rings is 1. The summed E-state index contributed by atoms with van der Waals surface area (Å²) in [4.78, 5) is 31.0. The Labute approximate surface area is 213 Å². The minimum atomic E-state index is -1.08. The number of amides is 1. The lowest BCUT2D eigenvalue weighted by Gasteiger charge is -2.35. The second-order valence-corrected chi connectivity index (χ2v) is 8.61. The predicted molar refractivity (Wildman–Crippen MR) is 135 cm³/mol. The van der Waals surface area contributed by atoms with Gasteiger partial charge in [0.15, 0.2) is 0 Å². The zero-order valence-corrected chi connectivity index (χ0v) is 20.0. The van der Waals surface area contributed by atoms with E-state index in [-0.39, 0.29) is 17.5 Å². The summed E-state index contributed by atoms with van der Waals surface area (Å²) >= 11 is 0. The van der Waals surface area contributed by atoms with E-state index in [1.54, 1.807) is 24.4 Å². The van der Waals surface area contributed by atoms with Gasteiger partial charge in [-0.15, -0.1) is 5.10 Å². The van der Waals surface area contributed by atoms with Crippen molar-refractivity contribution in [2.75, 3.05) is 32.8 Å². The summed E-state index contributed by atoms with van der Waals surface area (Å²) in [7, 11) is 0. The van der Waals surface area contributed by atoms with Crippen LogP contribution in [0.15, 0.2) is 79.3 Å². The topological polar surface area (TPSA) is 122 Å². The molecule has 1 fully saturated rings. The van der Waals surface area contributed by atoms with E-state index in [0.717, 1.165) is 18.7 Å². The van der Waals surface area contributed by atoms with Gasteiger partial charge in [0.25, 0.3) is 5.91 Å². The van der Waals surface area contributed by atoms with Crippen LogP contribution in [-0.2, 0) is 4.74 Å². The Hall–Kier alpha value is -4.41. The Morgan fingerprint density at radius 2 is 1.86 bits per heavy atom. The number of aromatic nitrogens is 4. The average molecular weight is 499 g/mol. The molecular weight excluding hydrogens is 472 g/mol. The number of nitrogens with zero attached hydrogens (tertiary/aromatic N) is 5. The summed E-state index contributed by atoms with van der Waals surface area (Å²) in [6, 6.07) is 18.7. The number of ether oxygens (including phenoxy) is 1. The average Bonchev–Trinajstić information content (AvgIpc) is 3.45. The third kappa shape index (κ3) is 5.55. The molecule has 1 unspecified atom stereocenters. The Morgan fingerprint density at radius 1 is 1.05 bits per heavy atom. The number of carbonyl (C=O) groups excluding carboxylic acids is 1. The first-order chi connectivity index (χ1) is 18.1. The van der Waals surface area contributed by atoms with Gasteiger partial charge < -0.3 is 15.2 Å². The number of nitrogens with one attached hydrogen (secondary N) is 1. The second-order valence-electron chi connectivity index (χ2n) is 8.61. The molecule has 2 aromatic heterocycles. The highest BCUT2D eigenvalue weighted by molar-refractivity contribution is 5.95. The fraction of sp³-hybridized carbons (Fsp3) is 0.222. The largest absolute Gasteiger partial charge is 0.478 e. The van der Waals surface area contributed by atoms with E-state index < -0.39 is 5.97 Å². The molecule has 10 heteroatoms. The predicted octanol–water partition coefficient (Wildman–Crippen LogP) is 2.83. The smallest absolute Gasteiger partial charge is 0.338 e. The first kappa shape index (κ1) is 24.3. The highest BCUT2D eigenvalue weighted by Gasteiger charge is 2.23. The molecule has 37 heavy (non-hydrogen) atoms. The van der Waals surface area contributed by atoms with Gasteiger partial charge >= 0.3 is 5.97 Å². The minimum absolute atomic E-state index is 0.0417. The van der Waals surface area contributed by atoms with Crippen LogP contribution in [0, 0.1) is 0 Å². The SMILES string of the molecule is O=C(NCC(c1ccccc1)N1CCOCC1)c1cccc(-c2cn(-c3cnccc3C(=O)O)nn2)c1. The summed E-state index contributed by atoms with van der Waals surface area (Å²) in [5.41, 5.74) is 3.20. The molecular formula is C27H26N6O4. The Balaban J connectivity index is 1.32. The van der Waals surface area contributed by atoms with Crippen molar-refractivity contribution in [1.29, 1.82) is 0 Å². The lowest BCUT2D eigenvalue weighted by Crippen LogP contribution is -2.43. The van der Waals surface area contributed by atoms with E-state index in [1.165, 1.54) is 23.1 Å². The molecule has 0 bridgehead atoms. The van der Waals surface area contributed by atoms with Crippen LogP contribution in [0.2, 0.25) is 0 Å². The van der Waals surface area contributed by atoms with Gasteiger partial charge in [0.2, 0.25) is 0 Å². The van der Waals surface area contributed by atoms with E-state index in [2.05, 4.69) is 37.6 Å². The Bertz CT molecular complexity index is 1380. The van der Waals surface area contributed by atoms with Crippen molar-refractivity contribution in [1.82, 2.24) is 30.2 Å². The van der Waals surface area contributed by atoms with Crippen molar-refractivity contribution in [2.45, 2.75) is 6.04 Å². The van der Waals surface area contributed by atoms with Crippen LogP contribution < -0.4 is 5.32 Å². The zero-order chi connectivity index (χ0) is 25.6. The highest BCUT2D eigenvalue weighted by atomic mass is 16.5. The van der Waals surface area contributed by atoms with E-state index in [4.69, 9.17) is 4.74 Å². The van der Waals surface area contributed by atoms with Gasteiger partial charge in [0.05, 0.1) is 42.9 Å². The second kappa shape index (κ2) is 11.1. The van der Waals surface area contributed by atoms with E-state index in [0.29, 0.717) is 42.3 Å². The van der Waals surface area contributed by atoms with Crippen LogP contribution in [0.3, 0.4) is 0 Å². The molecule has 2 aromatic carbocycles. The normalized spacial score (nSPS) is 14.7. The van der Waals surface area contributed by atoms with E-state index in [9.17, 15) is 14.7 Å². The van der Waals surface area contributed by atoms with Gasteiger partial charge in [-0.2, -0.15) is 0 Å². The molecule has 0 aliphatic carbocycles. The first-order valence-corrected chi connectivity index (χ1v) is 12.0. The Morgan fingerprint density at radius 3 is 2.65 bits per heavy atom. The minimum Gasteiger partial charge on any atom is -0.478 e. The highest BCUT2D eigenvalue weighted by Crippen LogP contribution is 2.23. The third-order valence-electron chi connectivity index (χ3n) is 6.32. The Kier molecular flexibility index (Phi) is 7.29. The molecule has 5 rings (SSSR count). The number of carbonyl (C=O) groups is 2. The monoisotopic (exact) mass is 498 g/mol. The molecule has 3 heterocycles. The molecule has 0 radical (unpaired) electrons. The van der Waals surface area contributed by atoms with Crippen molar-refractivity contribution in [3.05, 3.63) is 95.9 Å². The molecule has 1 atom stereocenters. The molecule has 1 aliphatic heterocycles. The molecule has 0 saturated carbocycles. The van der Waals surface area contributed by atoms with Crippen molar-refractivity contribution < 1.29 is 19.4 Å². The van der Waals surface area contributed by atoms with Crippen molar-refractivity contribution >= 4 is 11.9 Å². The quantitative estimate of drug-likeness (QED) is 0.380. The van der Waals surface area contributed by atoms with Crippen LogP contribution in [0.25, 0.3) is 16.9 Å². The molecule has 10 nitrogen and oxygen atoms in total. The van der Waals surface area contributed by atoms with Crippen LogP contribution >= 0.6 is 0 Å². The van der Waals surface area contributed by atoms with Crippen LogP contribution in [0.1, 0.15) is 32.3 Å². The standard InChI is InChI=1S/C27H26N6O4/c34-26(29-17-24(19-5-2-1-3-6-19)32-11-13-37-14-12-32)21-8-4-7-20(15-21)23-18-33(31-30-23)25-16-28-10-9-22(25)27(35)36/h1-10,15-16,18,24H,11-14,17H2,(H,29,34)(H,35,36). The number of hydrogen-bond acceptors (Lipinski definition) is 7. The van der Waals surface area contributed by atoms with Gasteiger partial charge in [-0.05, 0) is 23.8 Å². The molecule has 1 aliphatic rings. The number of carboxylic acid groups (broad SMARTS) is 1. The van der Waals surface area contributed by atoms with Gasteiger partial charge in [0.1, 0.15) is 5.69 Å². The van der Waals surface area contributed by atoms with Crippen LogP contribution in [0.4, 0.5) is 0 Å². The van der Waals surface area contributed by atoms with Crippen LogP contribution in [-0.4, -0.2) is 74.7 Å². The van der Waals surface area contributed by atoms with Gasteiger partial charge in [-0.3, -0.25) is 14.7 Å². The van der Waals surface area contributed by atoms with E-state index in [1.807, 2.05) is 24.3 Å². The van der Waals surface area contributed by atoms with Crippen molar-refractivity contribution in [3.63, 3.8) is 0 Å². The fourth-order valence-electron chi connectivity index (χ4n) is 4.40. The molecule has 188 valence electrons. The summed E-state index contributed by atoms with van der Waals surface area (Å²) < 4.78 is 6.88. The van der Waals surface area contributed by atoms with Gasteiger partial charge in [-0.1, -0.05) is 47.7 Å². The van der Waals surface area contributed by atoms with Crippen molar-refractivity contribution in [2.24, 2.45) is 0 Å². The summed E-state index contributed by atoms with van der Waals surface area (Å²) in [6.45, 7) is 3.42. The maximum absolute atomic E-state index is 13.1. The zero-order valence-electron chi connectivity index (χ0n) is 20.0. The van der Waals surface area contributed by atoms with Gasteiger partial charge in [0, 0.05) is 37.0 Å². The molecule has 1 saturated heterocycles. The molecule has 0 spiro atoms. The lowest BCUT2D eigenvalue weighted by atomic mass is 10.0. The molecule has 4 aromatic rings. The third-order valence-corrected chi connectivity index (χ3v) is 6.32. The number of rotatable bonds is 8. The van der Waals surface area contributed by atoms with Gasteiger partial charge in [-0.25, -0.2) is 9.48 Å². The summed E-state index contributed by atoms with van der Waals surface area (Å²) in [6.07, 6.45) is 4.45. The number of aromatic carboxylic acids is 1. The number of morpholine rings is 1. The molecule has 2 N–H and O–H groups in total. The van der Waals surface area contributed by atoms with Crippen molar-refractivity contribution in [3.8, 4) is 16.9 Å². The van der Waals surface area contributed by atoms with Crippen LogP contribution in [0.5, 0.6) is 0 Å². The molecule has 1 amide bonds. The maximum atomic E-state index is 13.1. The summed E-state index contributed by atoms with van der Waals surface area (Å²) in [5, 5.41) is 20.8. The maximum Gasteiger partial charge on any atom is 0.338 e.